The van der Waals surface area contributed by atoms with Crippen molar-refractivity contribution in [1.29, 1.82) is 0 Å². The van der Waals surface area contributed by atoms with Crippen molar-refractivity contribution in [1.82, 2.24) is 14.5 Å². The van der Waals surface area contributed by atoms with Crippen molar-refractivity contribution in [2.24, 2.45) is 0 Å². The average Bonchev–Trinajstić information content (AvgIpc) is 3.06. The first-order valence-electron chi connectivity index (χ1n) is 7.74. The van der Waals surface area contributed by atoms with Gasteiger partial charge in [-0.2, -0.15) is 0 Å². The Labute approximate surface area is 126 Å². The average molecular weight is 285 g/mol. The van der Waals surface area contributed by atoms with Crippen LogP contribution in [0, 0.1) is 0 Å². The lowest BCUT2D eigenvalue weighted by molar-refractivity contribution is -0.0325. The molecule has 0 amide bonds. The summed E-state index contributed by atoms with van der Waals surface area (Å²) in [5.41, 5.74) is 1.40. The predicted octanol–water partition coefficient (Wildman–Crippen LogP) is 2.22. The summed E-state index contributed by atoms with van der Waals surface area (Å²) >= 11 is 0. The Balaban J connectivity index is 1.42. The van der Waals surface area contributed by atoms with Gasteiger partial charge in [-0.1, -0.05) is 30.3 Å². The van der Waals surface area contributed by atoms with Crippen LogP contribution in [-0.4, -0.2) is 46.8 Å². The summed E-state index contributed by atoms with van der Waals surface area (Å²) in [7, 11) is 0. The Morgan fingerprint density at radius 3 is 2.90 bits per heavy atom. The van der Waals surface area contributed by atoms with Crippen molar-refractivity contribution in [3.8, 4) is 0 Å². The fraction of sp³-hybridized carbons (Fsp3) is 0.471. The lowest BCUT2D eigenvalue weighted by Crippen LogP contribution is -2.43. The first kappa shape index (κ1) is 14.3. The number of nitrogens with zero attached hydrogens (tertiary/aromatic N) is 3. The Hall–Kier alpha value is -1.65. The third-order valence-corrected chi connectivity index (χ3v) is 4.05. The van der Waals surface area contributed by atoms with Crippen molar-refractivity contribution in [2.45, 2.75) is 25.5 Å². The van der Waals surface area contributed by atoms with Gasteiger partial charge in [-0.25, -0.2) is 4.98 Å². The molecule has 2 heterocycles. The van der Waals surface area contributed by atoms with Gasteiger partial charge in [0.2, 0.25) is 0 Å². The maximum atomic E-state index is 5.91. The number of hydrogen-bond donors (Lipinski definition) is 0. The zero-order chi connectivity index (χ0) is 14.3. The number of aromatic nitrogens is 2. The predicted molar refractivity (Wildman–Crippen MR) is 83.2 cm³/mol. The van der Waals surface area contributed by atoms with E-state index in [1.807, 2.05) is 18.7 Å². The van der Waals surface area contributed by atoms with Crippen molar-refractivity contribution in [2.75, 3.05) is 26.2 Å². The van der Waals surface area contributed by atoms with E-state index in [1.165, 1.54) is 5.56 Å². The Bertz CT molecular complexity index is 512. The van der Waals surface area contributed by atoms with Gasteiger partial charge in [0, 0.05) is 38.6 Å². The van der Waals surface area contributed by atoms with E-state index in [-0.39, 0.29) is 0 Å². The number of morpholine rings is 1. The van der Waals surface area contributed by atoms with Crippen LogP contribution in [0.2, 0.25) is 0 Å². The van der Waals surface area contributed by atoms with Gasteiger partial charge in [0.15, 0.2) is 0 Å². The highest BCUT2D eigenvalue weighted by atomic mass is 16.5. The molecule has 0 saturated carbocycles. The maximum Gasteiger partial charge on any atom is 0.0946 e. The monoisotopic (exact) mass is 285 g/mol. The van der Waals surface area contributed by atoms with Gasteiger partial charge in [0.05, 0.1) is 19.0 Å². The van der Waals surface area contributed by atoms with Crippen LogP contribution in [0.4, 0.5) is 0 Å². The molecule has 0 bridgehead atoms. The smallest absolute Gasteiger partial charge is 0.0946 e. The molecule has 1 aliphatic rings. The normalized spacial score (nSPS) is 19.7. The summed E-state index contributed by atoms with van der Waals surface area (Å²) in [6.07, 6.45) is 8.30. The number of rotatable bonds is 6. The molecule has 0 N–H and O–H groups in total. The van der Waals surface area contributed by atoms with Crippen molar-refractivity contribution in [3.05, 3.63) is 54.6 Å². The van der Waals surface area contributed by atoms with Gasteiger partial charge < -0.3 is 9.30 Å². The summed E-state index contributed by atoms with van der Waals surface area (Å²) in [5.74, 6) is 0. The minimum absolute atomic E-state index is 0.363. The molecule has 1 fully saturated rings. The number of ether oxygens (including phenoxy) is 1. The van der Waals surface area contributed by atoms with Crippen LogP contribution < -0.4 is 0 Å². The molecule has 2 aromatic rings. The Morgan fingerprint density at radius 1 is 1.19 bits per heavy atom. The molecule has 0 radical (unpaired) electrons. The van der Waals surface area contributed by atoms with Crippen LogP contribution in [-0.2, 0) is 17.7 Å². The van der Waals surface area contributed by atoms with Crippen LogP contribution >= 0.6 is 0 Å². The van der Waals surface area contributed by atoms with Crippen LogP contribution in [0.3, 0.4) is 0 Å². The van der Waals surface area contributed by atoms with Gasteiger partial charge in [0.25, 0.3) is 0 Å². The first-order valence-corrected chi connectivity index (χ1v) is 7.74. The number of aryl methyl sites for hydroxylation is 1. The number of hydrogen-bond acceptors (Lipinski definition) is 3. The standard InChI is InChI=1S/C17H23N3O/c1-2-4-16(5-3-1)6-7-17-14-19(12-13-21-17)10-11-20-9-8-18-15-20/h1-5,8-9,15,17H,6-7,10-14H2/t17-/m1/s1. The molecular formula is C17H23N3O. The molecule has 1 aromatic carbocycles. The lowest BCUT2D eigenvalue weighted by atomic mass is 10.1. The van der Waals surface area contributed by atoms with Crippen LogP contribution in [0.25, 0.3) is 0 Å². The summed E-state index contributed by atoms with van der Waals surface area (Å²) in [6.45, 7) is 5.01. The molecule has 1 saturated heterocycles. The highest BCUT2D eigenvalue weighted by Gasteiger charge is 2.19. The van der Waals surface area contributed by atoms with E-state index in [9.17, 15) is 0 Å². The summed E-state index contributed by atoms with van der Waals surface area (Å²) < 4.78 is 8.04. The van der Waals surface area contributed by atoms with E-state index >= 15 is 0 Å². The Kier molecular flexibility index (Phi) is 5.03. The third-order valence-electron chi connectivity index (χ3n) is 4.05. The van der Waals surface area contributed by atoms with Gasteiger partial charge in [0.1, 0.15) is 0 Å². The zero-order valence-electron chi connectivity index (χ0n) is 12.4. The molecule has 1 atom stereocenters. The second kappa shape index (κ2) is 7.38. The second-order valence-corrected chi connectivity index (χ2v) is 5.62. The molecule has 4 heteroatoms. The van der Waals surface area contributed by atoms with E-state index in [1.54, 1.807) is 0 Å². The van der Waals surface area contributed by atoms with E-state index in [0.717, 1.165) is 45.6 Å². The second-order valence-electron chi connectivity index (χ2n) is 5.62. The summed E-state index contributed by atoms with van der Waals surface area (Å²) in [4.78, 5) is 6.58. The van der Waals surface area contributed by atoms with Crippen molar-refractivity contribution >= 4 is 0 Å². The van der Waals surface area contributed by atoms with Gasteiger partial charge >= 0.3 is 0 Å². The molecule has 1 aliphatic heterocycles. The number of benzene rings is 1. The molecule has 4 nitrogen and oxygen atoms in total. The molecule has 112 valence electrons. The van der Waals surface area contributed by atoms with Crippen molar-refractivity contribution < 1.29 is 4.74 Å². The maximum absolute atomic E-state index is 5.91. The molecule has 0 unspecified atom stereocenters. The van der Waals surface area contributed by atoms with Crippen LogP contribution in [0.15, 0.2) is 49.1 Å². The topological polar surface area (TPSA) is 30.3 Å². The molecular weight excluding hydrogens is 262 g/mol. The number of imidazole rings is 1. The zero-order valence-corrected chi connectivity index (χ0v) is 12.4. The van der Waals surface area contributed by atoms with Gasteiger partial charge in [-0.3, -0.25) is 4.90 Å². The van der Waals surface area contributed by atoms with Gasteiger partial charge in [-0.15, -0.1) is 0 Å². The fourth-order valence-corrected chi connectivity index (χ4v) is 2.81. The third kappa shape index (κ3) is 4.41. The van der Waals surface area contributed by atoms with E-state index in [4.69, 9.17) is 4.74 Å². The first-order chi connectivity index (χ1) is 10.4. The lowest BCUT2D eigenvalue weighted by Gasteiger charge is -2.33. The van der Waals surface area contributed by atoms with E-state index < -0.39 is 0 Å². The highest BCUT2D eigenvalue weighted by Crippen LogP contribution is 2.12. The summed E-state index contributed by atoms with van der Waals surface area (Å²) in [6, 6.07) is 10.7. The molecule has 1 aromatic heterocycles. The summed E-state index contributed by atoms with van der Waals surface area (Å²) in [5, 5.41) is 0. The minimum atomic E-state index is 0.363. The quantitative estimate of drug-likeness (QED) is 0.815. The van der Waals surface area contributed by atoms with E-state index in [2.05, 4.69) is 44.8 Å². The van der Waals surface area contributed by atoms with Crippen molar-refractivity contribution in [3.63, 3.8) is 0 Å². The van der Waals surface area contributed by atoms with Crippen LogP contribution in [0.1, 0.15) is 12.0 Å². The molecule has 0 aliphatic carbocycles. The van der Waals surface area contributed by atoms with E-state index in [0.29, 0.717) is 6.10 Å². The largest absolute Gasteiger partial charge is 0.376 e. The van der Waals surface area contributed by atoms with Gasteiger partial charge in [-0.05, 0) is 18.4 Å². The Morgan fingerprint density at radius 2 is 2.10 bits per heavy atom. The minimum Gasteiger partial charge on any atom is -0.376 e. The molecule has 21 heavy (non-hydrogen) atoms. The highest BCUT2D eigenvalue weighted by molar-refractivity contribution is 5.14. The van der Waals surface area contributed by atoms with Crippen LogP contribution in [0.5, 0.6) is 0 Å². The fourth-order valence-electron chi connectivity index (χ4n) is 2.81. The molecule has 0 spiro atoms. The molecule has 3 rings (SSSR count). The SMILES string of the molecule is c1ccc(CC[C@@H]2CN(CCn3ccnc3)CCO2)cc1.